The smallest absolute Gasteiger partial charge is 0.193 e. The minimum atomic E-state index is -0.272. The quantitative estimate of drug-likeness (QED) is 0.339. The van der Waals surface area contributed by atoms with Gasteiger partial charge in [-0.15, -0.1) is 24.0 Å². The van der Waals surface area contributed by atoms with E-state index in [-0.39, 0.29) is 29.8 Å². The number of hydrogen-bond donors (Lipinski definition) is 2. The van der Waals surface area contributed by atoms with Gasteiger partial charge in [0.15, 0.2) is 5.96 Å². The second-order valence-corrected chi connectivity index (χ2v) is 5.61. The zero-order valence-corrected chi connectivity index (χ0v) is 16.7. The fraction of sp³-hybridized carbons (Fsp3) is 0.158. The van der Waals surface area contributed by atoms with Gasteiger partial charge in [-0.3, -0.25) is 0 Å². The van der Waals surface area contributed by atoms with Crippen molar-refractivity contribution in [3.63, 3.8) is 0 Å². The Bertz CT molecular complexity index is 856. The fourth-order valence-electron chi connectivity index (χ4n) is 2.36. The molecule has 0 amide bonds. The van der Waals surface area contributed by atoms with Crippen molar-refractivity contribution in [2.75, 3.05) is 5.32 Å². The van der Waals surface area contributed by atoms with Crippen LogP contribution in [0.4, 0.5) is 10.1 Å². The van der Waals surface area contributed by atoms with Crippen LogP contribution in [0.1, 0.15) is 18.2 Å². The Morgan fingerprint density at radius 2 is 1.81 bits per heavy atom. The molecule has 136 valence electrons. The van der Waals surface area contributed by atoms with Gasteiger partial charge in [0.2, 0.25) is 0 Å². The molecule has 0 saturated carbocycles. The molecule has 0 saturated heterocycles. The lowest BCUT2D eigenvalue weighted by atomic mass is 10.1. The van der Waals surface area contributed by atoms with Gasteiger partial charge in [-0.05, 0) is 54.4 Å². The predicted octanol–water partition coefficient (Wildman–Crippen LogP) is 4.12. The molecule has 0 unspecified atom stereocenters. The standard InChI is InChI=1S/C19H20FN5.HI/c1-2-14-3-7-16(8-4-14)23-19(21)22-13-17-11-12-25(24-17)18-9-5-15(20)6-10-18;/h3-12H,2,13H2,1H3,(H3,21,22,23);1H. The first-order chi connectivity index (χ1) is 12.1. The van der Waals surface area contributed by atoms with Gasteiger partial charge in [0.25, 0.3) is 0 Å². The van der Waals surface area contributed by atoms with Crippen molar-refractivity contribution in [2.24, 2.45) is 10.7 Å². The molecule has 1 heterocycles. The van der Waals surface area contributed by atoms with Crippen LogP contribution in [-0.4, -0.2) is 15.7 Å². The highest BCUT2D eigenvalue weighted by molar-refractivity contribution is 14.0. The molecule has 0 spiro atoms. The van der Waals surface area contributed by atoms with Crippen molar-refractivity contribution in [1.29, 1.82) is 0 Å². The van der Waals surface area contributed by atoms with Crippen LogP contribution >= 0.6 is 24.0 Å². The zero-order chi connectivity index (χ0) is 17.6. The van der Waals surface area contributed by atoms with E-state index in [1.165, 1.54) is 17.7 Å². The van der Waals surface area contributed by atoms with Crippen LogP contribution in [-0.2, 0) is 13.0 Å². The molecule has 1 aromatic heterocycles. The number of nitrogens with one attached hydrogen (secondary N) is 1. The first-order valence-electron chi connectivity index (χ1n) is 8.10. The molecule has 3 aromatic rings. The van der Waals surface area contributed by atoms with Gasteiger partial charge in [-0.25, -0.2) is 14.1 Å². The number of aliphatic imine (C=N–C) groups is 1. The van der Waals surface area contributed by atoms with E-state index in [1.54, 1.807) is 16.8 Å². The van der Waals surface area contributed by atoms with Crippen LogP contribution in [0.25, 0.3) is 5.69 Å². The van der Waals surface area contributed by atoms with E-state index in [0.717, 1.165) is 23.5 Å². The Morgan fingerprint density at radius 3 is 2.46 bits per heavy atom. The summed E-state index contributed by atoms with van der Waals surface area (Å²) in [7, 11) is 0. The van der Waals surface area contributed by atoms with E-state index < -0.39 is 0 Å². The van der Waals surface area contributed by atoms with E-state index in [2.05, 4.69) is 34.5 Å². The Kier molecular flexibility index (Phi) is 7.14. The van der Waals surface area contributed by atoms with E-state index in [9.17, 15) is 4.39 Å². The summed E-state index contributed by atoms with van der Waals surface area (Å²) in [4.78, 5) is 4.30. The van der Waals surface area contributed by atoms with E-state index in [1.807, 2.05) is 24.4 Å². The summed E-state index contributed by atoms with van der Waals surface area (Å²) in [6.07, 6.45) is 2.81. The highest BCUT2D eigenvalue weighted by atomic mass is 127. The first-order valence-corrected chi connectivity index (χ1v) is 8.10. The summed E-state index contributed by atoms with van der Waals surface area (Å²) in [6.45, 7) is 2.48. The second kappa shape index (κ2) is 9.33. The van der Waals surface area contributed by atoms with Gasteiger partial charge >= 0.3 is 0 Å². The molecule has 0 radical (unpaired) electrons. The SMILES string of the molecule is CCc1ccc(NC(N)=NCc2ccn(-c3ccc(F)cc3)n2)cc1.I. The summed E-state index contributed by atoms with van der Waals surface area (Å²) in [5, 5.41) is 7.48. The molecule has 3 rings (SSSR count). The highest BCUT2D eigenvalue weighted by Gasteiger charge is 2.02. The van der Waals surface area contributed by atoms with Crippen LogP contribution in [0.5, 0.6) is 0 Å². The number of halogens is 2. The van der Waals surface area contributed by atoms with Gasteiger partial charge in [-0.2, -0.15) is 5.10 Å². The molecule has 2 aromatic carbocycles. The monoisotopic (exact) mass is 465 g/mol. The fourth-order valence-corrected chi connectivity index (χ4v) is 2.36. The number of aryl methyl sites for hydroxylation is 1. The maximum absolute atomic E-state index is 13.0. The van der Waals surface area contributed by atoms with Gasteiger partial charge in [0.1, 0.15) is 5.82 Å². The van der Waals surface area contributed by atoms with Crippen LogP contribution in [0.15, 0.2) is 65.8 Å². The number of nitrogens with zero attached hydrogens (tertiary/aromatic N) is 3. The van der Waals surface area contributed by atoms with Gasteiger partial charge in [-0.1, -0.05) is 19.1 Å². The van der Waals surface area contributed by atoms with Crippen LogP contribution in [0.3, 0.4) is 0 Å². The minimum absolute atomic E-state index is 0. The highest BCUT2D eigenvalue weighted by Crippen LogP contribution is 2.11. The molecule has 0 aliphatic rings. The van der Waals surface area contributed by atoms with Crippen molar-refractivity contribution in [2.45, 2.75) is 19.9 Å². The van der Waals surface area contributed by atoms with Gasteiger partial charge < -0.3 is 11.1 Å². The number of aromatic nitrogens is 2. The molecule has 0 aliphatic carbocycles. The number of guanidine groups is 1. The Balaban J connectivity index is 0.00000243. The van der Waals surface area contributed by atoms with E-state index in [0.29, 0.717) is 12.5 Å². The number of hydrogen-bond acceptors (Lipinski definition) is 2. The molecule has 3 N–H and O–H groups in total. The molecule has 0 bridgehead atoms. The first kappa shape index (κ1) is 19.9. The molecule has 26 heavy (non-hydrogen) atoms. The summed E-state index contributed by atoms with van der Waals surface area (Å²) in [5.74, 6) is 0.0622. The zero-order valence-electron chi connectivity index (χ0n) is 14.4. The summed E-state index contributed by atoms with van der Waals surface area (Å²) >= 11 is 0. The molecule has 0 atom stereocenters. The number of benzene rings is 2. The third kappa shape index (κ3) is 5.29. The molecule has 7 heteroatoms. The van der Waals surface area contributed by atoms with E-state index in [4.69, 9.17) is 5.73 Å². The van der Waals surface area contributed by atoms with Crippen molar-refractivity contribution >= 4 is 35.6 Å². The Hall–Kier alpha value is -2.42. The number of rotatable bonds is 5. The maximum atomic E-state index is 13.0. The minimum Gasteiger partial charge on any atom is -0.370 e. The normalized spacial score (nSPS) is 11.1. The molecule has 5 nitrogen and oxygen atoms in total. The van der Waals surface area contributed by atoms with Gasteiger partial charge in [0, 0.05) is 11.9 Å². The molecule has 0 aliphatic heterocycles. The average Bonchev–Trinajstić information content (AvgIpc) is 3.10. The van der Waals surface area contributed by atoms with Crippen molar-refractivity contribution in [3.05, 3.63) is 77.9 Å². The average molecular weight is 465 g/mol. The molecular formula is C19H21FIN5. The lowest BCUT2D eigenvalue weighted by Gasteiger charge is -2.06. The van der Waals surface area contributed by atoms with E-state index >= 15 is 0 Å². The summed E-state index contributed by atoms with van der Waals surface area (Å²) < 4.78 is 14.6. The Labute approximate surface area is 169 Å². The second-order valence-electron chi connectivity index (χ2n) is 5.61. The third-order valence-electron chi connectivity index (χ3n) is 3.78. The Morgan fingerprint density at radius 1 is 1.12 bits per heavy atom. The number of anilines is 1. The van der Waals surface area contributed by atoms with Crippen molar-refractivity contribution < 1.29 is 4.39 Å². The lowest BCUT2D eigenvalue weighted by Crippen LogP contribution is -2.22. The molecular weight excluding hydrogens is 444 g/mol. The molecule has 0 fully saturated rings. The summed E-state index contributed by atoms with van der Waals surface area (Å²) in [6, 6.07) is 16.1. The number of nitrogens with two attached hydrogens (primary N) is 1. The maximum Gasteiger partial charge on any atom is 0.193 e. The third-order valence-corrected chi connectivity index (χ3v) is 3.78. The predicted molar refractivity (Wildman–Crippen MR) is 114 cm³/mol. The van der Waals surface area contributed by atoms with Crippen LogP contribution in [0, 0.1) is 5.82 Å². The van der Waals surface area contributed by atoms with Gasteiger partial charge in [0.05, 0.1) is 17.9 Å². The summed E-state index contributed by atoms with van der Waals surface area (Å²) in [5.41, 5.74) is 9.65. The lowest BCUT2D eigenvalue weighted by molar-refractivity contribution is 0.627. The van der Waals surface area contributed by atoms with Crippen LogP contribution < -0.4 is 11.1 Å². The van der Waals surface area contributed by atoms with Crippen molar-refractivity contribution in [3.8, 4) is 5.69 Å². The van der Waals surface area contributed by atoms with Crippen molar-refractivity contribution in [1.82, 2.24) is 9.78 Å². The van der Waals surface area contributed by atoms with Crippen LogP contribution in [0.2, 0.25) is 0 Å². The topological polar surface area (TPSA) is 68.2 Å². The largest absolute Gasteiger partial charge is 0.370 e.